The van der Waals surface area contributed by atoms with E-state index in [-0.39, 0.29) is 5.78 Å². The summed E-state index contributed by atoms with van der Waals surface area (Å²) in [6.45, 7) is 9.52. The van der Waals surface area contributed by atoms with E-state index in [1.54, 1.807) is 6.92 Å². The van der Waals surface area contributed by atoms with Gasteiger partial charge in [0, 0.05) is 6.54 Å². The average Bonchev–Trinajstić information content (AvgIpc) is 2.19. The molecule has 0 radical (unpaired) electrons. The minimum Gasteiger partial charge on any atom is -0.299 e. The Morgan fingerprint density at radius 2 is 2.00 bits per heavy atom. The minimum atomic E-state index is 0.213. The van der Waals surface area contributed by atoms with Gasteiger partial charge in [0.2, 0.25) is 0 Å². The highest BCUT2D eigenvalue weighted by Crippen LogP contribution is 2.19. The third-order valence-corrected chi connectivity index (χ3v) is 2.97. The van der Waals surface area contributed by atoms with E-state index in [4.69, 9.17) is 0 Å². The molecule has 2 nitrogen and oxygen atoms in total. The molecule has 0 saturated carbocycles. The first-order valence-corrected chi connectivity index (χ1v) is 6.17. The lowest BCUT2D eigenvalue weighted by molar-refractivity contribution is -0.117. The molecule has 0 aliphatic heterocycles. The maximum absolute atomic E-state index is 11.1. The van der Waals surface area contributed by atoms with Crippen LogP contribution in [0.4, 0.5) is 0 Å². The second-order valence-electron chi connectivity index (χ2n) is 5.21. The number of benzene rings is 1. The van der Waals surface area contributed by atoms with Crippen molar-refractivity contribution in [2.24, 2.45) is 0 Å². The first-order valence-electron chi connectivity index (χ1n) is 6.17. The van der Waals surface area contributed by atoms with Gasteiger partial charge in [-0.1, -0.05) is 32.0 Å². The maximum atomic E-state index is 11.1. The predicted octanol–water partition coefficient (Wildman–Crippen LogP) is 3.14. The topological polar surface area (TPSA) is 20.3 Å². The summed E-state index contributed by atoms with van der Waals surface area (Å²) in [5, 5.41) is 0. The Kier molecular flexibility index (Phi) is 4.88. The van der Waals surface area contributed by atoms with E-state index in [2.05, 4.69) is 43.9 Å². The first-order chi connectivity index (χ1) is 7.90. The van der Waals surface area contributed by atoms with Crippen molar-refractivity contribution in [1.82, 2.24) is 4.90 Å². The maximum Gasteiger partial charge on any atom is 0.143 e. The van der Waals surface area contributed by atoms with Crippen molar-refractivity contribution in [2.45, 2.75) is 40.2 Å². The standard InChI is InChI=1S/C15H23NO/c1-11(2)14-7-6-12(3)15(8-14)10-16(5)9-13(4)17/h6-8,11H,9-10H2,1-5H3. The van der Waals surface area contributed by atoms with Crippen molar-refractivity contribution in [3.8, 4) is 0 Å². The molecule has 0 bridgehead atoms. The number of aryl methyl sites for hydroxylation is 1. The fourth-order valence-corrected chi connectivity index (χ4v) is 1.95. The van der Waals surface area contributed by atoms with Crippen LogP contribution in [0.25, 0.3) is 0 Å². The van der Waals surface area contributed by atoms with Gasteiger partial charge in [-0.25, -0.2) is 0 Å². The third kappa shape index (κ3) is 4.31. The van der Waals surface area contributed by atoms with Crippen molar-refractivity contribution in [2.75, 3.05) is 13.6 Å². The fraction of sp³-hybridized carbons (Fsp3) is 0.533. The predicted molar refractivity (Wildman–Crippen MR) is 72.3 cm³/mol. The van der Waals surface area contributed by atoms with Gasteiger partial charge in [-0.3, -0.25) is 9.69 Å². The molecular weight excluding hydrogens is 210 g/mol. The summed E-state index contributed by atoms with van der Waals surface area (Å²) >= 11 is 0. The zero-order chi connectivity index (χ0) is 13.0. The molecule has 0 heterocycles. The summed E-state index contributed by atoms with van der Waals surface area (Å²) in [6.07, 6.45) is 0. The van der Waals surface area contributed by atoms with Gasteiger partial charge in [0.15, 0.2) is 0 Å². The molecule has 17 heavy (non-hydrogen) atoms. The third-order valence-electron chi connectivity index (χ3n) is 2.97. The molecule has 0 aliphatic rings. The van der Waals surface area contributed by atoms with E-state index in [0.717, 1.165) is 6.54 Å². The molecule has 0 amide bonds. The quantitative estimate of drug-likeness (QED) is 0.778. The first kappa shape index (κ1) is 13.9. The monoisotopic (exact) mass is 233 g/mol. The molecule has 0 aromatic heterocycles. The number of Topliss-reactive ketones (excluding diaryl/α,β-unsaturated/α-hetero) is 1. The SMILES string of the molecule is CC(=O)CN(C)Cc1cc(C(C)C)ccc1C. The molecule has 1 rings (SSSR count). The second-order valence-corrected chi connectivity index (χ2v) is 5.21. The zero-order valence-electron chi connectivity index (χ0n) is 11.6. The number of carbonyl (C=O) groups is 1. The van der Waals surface area contributed by atoms with Gasteiger partial charge in [-0.05, 0) is 43.5 Å². The number of hydrogen-bond donors (Lipinski definition) is 0. The number of likely N-dealkylation sites (N-methyl/N-ethyl adjacent to an activating group) is 1. The van der Waals surface area contributed by atoms with Crippen molar-refractivity contribution in [3.63, 3.8) is 0 Å². The molecule has 0 spiro atoms. The normalized spacial score (nSPS) is 11.2. The Balaban J connectivity index is 2.82. The summed E-state index contributed by atoms with van der Waals surface area (Å²) in [5.41, 5.74) is 3.98. The van der Waals surface area contributed by atoms with Crippen LogP contribution in [-0.2, 0) is 11.3 Å². The van der Waals surface area contributed by atoms with Crippen LogP contribution in [0.15, 0.2) is 18.2 Å². The van der Waals surface area contributed by atoms with Gasteiger partial charge < -0.3 is 0 Å². The highest BCUT2D eigenvalue weighted by molar-refractivity contribution is 5.77. The Morgan fingerprint density at radius 1 is 1.35 bits per heavy atom. The average molecular weight is 233 g/mol. The number of ketones is 1. The lowest BCUT2D eigenvalue weighted by Crippen LogP contribution is -2.24. The van der Waals surface area contributed by atoms with E-state index >= 15 is 0 Å². The highest BCUT2D eigenvalue weighted by Gasteiger charge is 2.07. The number of nitrogens with zero attached hydrogens (tertiary/aromatic N) is 1. The van der Waals surface area contributed by atoms with Gasteiger partial charge in [-0.2, -0.15) is 0 Å². The van der Waals surface area contributed by atoms with E-state index in [1.807, 2.05) is 7.05 Å². The molecule has 0 aliphatic carbocycles. The second kappa shape index (κ2) is 5.97. The molecule has 0 fully saturated rings. The lowest BCUT2D eigenvalue weighted by atomic mass is 9.97. The smallest absolute Gasteiger partial charge is 0.143 e. The number of carbonyl (C=O) groups excluding carboxylic acids is 1. The van der Waals surface area contributed by atoms with Crippen LogP contribution in [0.5, 0.6) is 0 Å². The molecule has 2 heteroatoms. The Bertz CT molecular complexity index is 396. The van der Waals surface area contributed by atoms with Crippen LogP contribution < -0.4 is 0 Å². The van der Waals surface area contributed by atoms with E-state index in [1.165, 1.54) is 16.7 Å². The number of rotatable bonds is 5. The minimum absolute atomic E-state index is 0.213. The zero-order valence-corrected chi connectivity index (χ0v) is 11.6. The van der Waals surface area contributed by atoms with E-state index in [9.17, 15) is 4.79 Å². The van der Waals surface area contributed by atoms with Crippen LogP contribution in [0.2, 0.25) is 0 Å². The summed E-state index contributed by atoms with van der Waals surface area (Å²) < 4.78 is 0. The summed E-state index contributed by atoms with van der Waals surface area (Å²) in [4.78, 5) is 13.1. The number of hydrogen-bond acceptors (Lipinski definition) is 2. The Morgan fingerprint density at radius 3 is 2.53 bits per heavy atom. The molecule has 0 N–H and O–H groups in total. The van der Waals surface area contributed by atoms with Crippen LogP contribution in [0.3, 0.4) is 0 Å². The van der Waals surface area contributed by atoms with Crippen molar-refractivity contribution in [1.29, 1.82) is 0 Å². The van der Waals surface area contributed by atoms with Crippen LogP contribution >= 0.6 is 0 Å². The van der Waals surface area contributed by atoms with Crippen molar-refractivity contribution < 1.29 is 4.79 Å². The summed E-state index contributed by atoms with van der Waals surface area (Å²) in [6, 6.07) is 6.62. The molecule has 0 unspecified atom stereocenters. The van der Waals surface area contributed by atoms with Crippen molar-refractivity contribution >= 4 is 5.78 Å². The fourth-order valence-electron chi connectivity index (χ4n) is 1.95. The van der Waals surface area contributed by atoms with Crippen LogP contribution in [0, 0.1) is 6.92 Å². The van der Waals surface area contributed by atoms with Gasteiger partial charge in [0.05, 0.1) is 6.54 Å². The lowest BCUT2D eigenvalue weighted by Gasteiger charge is -2.18. The summed E-state index contributed by atoms with van der Waals surface area (Å²) in [7, 11) is 1.99. The summed E-state index contributed by atoms with van der Waals surface area (Å²) in [5.74, 6) is 0.762. The van der Waals surface area contributed by atoms with Crippen LogP contribution in [-0.4, -0.2) is 24.3 Å². The highest BCUT2D eigenvalue weighted by atomic mass is 16.1. The molecular formula is C15H23NO. The van der Waals surface area contributed by atoms with E-state index in [0.29, 0.717) is 12.5 Å². The van der Waals surface area contributed by atoms with Crippen LogP contribution in [0.1, 0.15) is 43.4 Å². The van der Waals surface area contributed by atoms with Gasteiger partial charge in [0.25, 0.3) is 0 Å². The largest absolute Gasteiger partial charge is 0.299 e. The molecule has 94 valence electrons. The van der Waals surface area contributed by atoms with Crippen molar-refractivity contribution in [3.05, 3.63) is 34.9 Å². The molecule has 0 saturated heterocycles. The molecule has 1 aromatic carbocycles. The Hall–Kier alpha value is -1.15. The van der Waals surface area contributed by atoms with E-state index < -0.39 is 0 Å². The van der Waals surface area contributed by atoms with Gasteiger partial charge >= 0.3 is 0 Å². The van der Waals surface area contributed by atoms with Gasteiger partial charge in [-0.15, -0.1) is 0 Å². The Labute approximate surface area is 105 Å². The van der Waals surface area contributed by atoms with Gasteiger partial charge in [0.1, 0.15) is 5.78 Å². The molecule has 0 atom stereocenters. The molecule has 1 aromatic rings.